The molecule has 0 N–H and O–H groups in total. The van der Waals surface area contributed by atoms with Crippen molar-refractivity contribution in [3.8, 4) is 5.88 Å². The minimum atomic E-state index is -1.44. The van der Waals surface area contributed by atoms with Crippen LogP contribution in [-0.2, 0) is 5.67 Å². The van der Waals surface area contributed by atoms with E-state index >= 15 is 0 Å². The maximum atomic E-state index is 13.8. The molecule has 0 fully saturated rings. The topological polar surface area (TPSA) is 35.0 Å². The summed E-state index contributed by atoms with van der Waals surface area (Å²) in [5.74, 6) is 1.02. The number of ether oxygens (including phenoxy) is 1. The first-order chi connectivity index (χ1) is 7.00. The highest BCUT2D eigenvalue weighted by molar-refractivity contribution is 5.39. The molecule has 4 heteroatoms. The molecule has 84 valence electrons. The van der Waals surface area contributed by atoms with E-state index < -0.39 is 5.67 Å². The van der Waals surface area contributed by atoms with Crippen molar-refractivity contribution >= 4 is 0 Å². The lowest BCUT2D eigenvalue weighted by Gasteiger charge is -2.11. The van der Waals surface area contributed by atoms with Gasteiger partial charge in [-0.1, -0.05) is 13.8 Å². The number of fused-ring (bicyclic) bond motifs is 1. The quantitative estimate of drug-likeness (QED) is 0.663. The average molecular weight is 212 g/mol. The highest BCUT2D eigenvalue weighted by Gasteiger charge is 2.39. The lowest BCUT2D eigenvalue weighted by Crippen LogP contribution is -2.17. The Morgan fingerprint density at radius 3 is 2.47 bits per heavy atom. The van der Waals surface area contributed by atoms with E-state index in [0.29, 0.717) is 23.0 Å². The van der Waals surface area contributed by atoms with Gasteiger partial charge in [0.1, 0.15) is 12.4 Å². The summed E-state index contributed by atoms with van der Waals surface area (Å²) < 4.78 is 18.9. The molecule has 0 saturated heterocycles. The van der Waals surface area contributed by atoms with E-state index in [1.807, 2.05) is 13.8 Å². The van der Waals surface area contributed by atoms with Crippen LogP contribution in [0.5, 0.6) is 5.88 Å². The molecule has 3 nitrogen and oxygen atoms in total. The Labute approximate surface area is 89.7 Å². The number of aromatic nitrogens is 2. The first kappa shape index (κ1) is 11.9. The fraction of sp³-hybridized carbons (Fsp3) is 0.636. The van der Waals surface area contributed by atoms with Crippen LogP contribution in [0.4, 0.5) is 4.39 Å². The molecule has 1 aromatic heterocycles. The van der Waals surface area contributed by atoms with E-state index in [0.717, 1.165) is 0 Å². The average Bonchev–Trinajstić information content (AvgIpc) is 2.45. The van der Waals surface area contributed by atoms with Crippen molar-refractivity contribution < 1.29 is 9.13 Å². The van der Waals surface area contributed by atoms with E-state index in [4.69, 9.17) is 4.74 Å². The third kappa shape index (κ3) is 2.08. The van der Waals surface area contributed by atoms with Crippen molar-refractivity contribution in [2.24, 2.45) is 0 Å². The standard InChI is InChI=1S/C9H11FN2O.C2H6/c1-5-7-8(12-6(2)11-5)13-4-9(7,3)10;1-2/h4H2,1-3H3;1-2H3. The van der Waals surface area contributed by atoms with E-state index in [2.05, 4.69) is 9.97 Å². The molecule has 0 amide bonds. The second-order valence-electron chi connectivity index (χ2n) is 3.52. The molecule has 1 aliphatic rings. The summed E-state index contributed by atoms with van der Waals surface area (Å²) in [5, 5.41) is 0. The highest BCUT2D eigenvalue weighted by atomic mass is 19.1. The minimum absolute atomic E-state index is 0.0430. The smallest absolute Gasteiger partial charge is 0.223 e. The zero-order valence-electron chi connectivity index (χ0n) is 9.89. The van der Waals surface area contributed by atoms with Gasteiger partial charge >= 0.3 is 0 Å². The summed E-state index contributed by atoms with van der Waals surface area (Å²) in [5.41, 5.74) is -0.268. The first-order valence-corrected chi connectivity index (χ1v) is 5.18. The lowest BCUT2D eigenvalue weighted by atomic mass is 10.0. The third-order valence-corrected chi connectivity index (χ3v) is 2.17. The van der Waals surface area contributed by atoms with Gasteiger partial charge in [-0.3, -0.25) is 0 Å². The molecule has 2 heterocycles. The van der Waals surface area contributed by atoms with Crippen LogP contribution in [-0.4, -0.2) is 16.6 Å². The predicted molar refractivity (Wildman–Crippen MR) is 56.8 cm³/mol. The van der Waals surface area contributed by atoms with Gasteiger partial charge in [-0.2, -0.15) is 4.98 Å². The molecule has 2 rings (SSSR count). The van der Waals surface area contributed by atoms with Crippen LogP contribution < -0.4 is 4.74 Å². The Morgan fingerprint density at radius 1 is 1.27 bits per heavy atom. The predicted octanol–water partition coefficient (Wildman–Crippen LogP) is 2.70. The van der Waals surface area contributed by atoms with Gasteiger partial charge < -0.3 is 4.74 Å². The van der Waals surface area contributed by atoms with Gasteiger partial charge in [0.25, 0.3) is 0 Å². The molecule has 1 aromatic rings. The Bertz CT molecular complexity index is 364. The zero-order valence-corrected chi connectivity index (χ0v) is 9.89. The summed E-state index contributed by atoms with van der Waals surface area (Å²) in [6, 6.07) is 0. The Kier molecular flexibility index (Phi) is 3.27. The monoisotopic (exact) mass is 212 g/mol. The van der Waals surface area contributed by atoms with Crippen LogP contribution in [0.2, 0.25) is 0 Å². The number of rotatable bonds is 0. The van der Waals surface area contributed by atoms with E-state index in [9.17, 15) is 4.39 Å². The number of hydrogen-bond acceptors (Lipinski definition) is 3. The molecule has 0 aliphatic carbocycles. The number of aryl methyl sites for hydroxylation is 2. The number of nitrogens with zero attached hydrogens (tertiary/aromatic N) is 2. The van der Waals surface area contributed by atoms with Crippen molar-refractivity contribution in [3.05, 3.63) is 17.1 Å². The Balaban J connectivity index is 0.000000531. The minimum Gasteiger partial charge on any atom is -0.474 e. The van der Waals surface area contributed by atoms with Gasteiger partial charge in [0.2, 0.25) is 5.88 Å². The van der Waals surface area contributed by atoms with Gasteiger partial charge in [-0.05, 0) is 20.8 Å². The van der Waals surface area contributed by atoms with E-state index in [-0.39, 0.29) is 6.61 Å². The van der Waals surface area contributed by atoms with Gasteiger partial charge in [0.05, 0.1) is 11.3 Å². The molecule has 1 aliphatic heterocycles. The first-order valence-electron chi connectivity index (χ1n) is 5.18. The van der Waals surface area contributed by atoms with Crippen molar-refractivity contribution in [3.63, 3.8) is 0 Å². The van der Waals surface area contributed by atoms with Crippen LogP contribution >= 0.6 is 0 Å². The van der Waals surface area contributed by atoms with Crippen molar-refractivity contribution in [2.45, 2.75) is 40.3 Å². The second-order valence-corrected chi connectivity index (χ2v) is 3.52. The molecule has 15 heavy (non-hydrogen) atoms. The molecular formula is C11H17FN2O. The van der Waals surface area contributed by atoms with Crippen LogP contribution in [0.25, 0.3) is 0 Å². The molecule has 1 atom stereocenters. The zero-order chi connectivity index (χ0) is 11.6. The van der Waals surface area contributed by atoms with Crippen LogP contribution in [0.15, 0.2) is 0 Å². The van der Waals surface area contributed by atoms with E-state index in [1.165, 1.54) is 6.92 Å². The normalized spacial score (nSPS) is 22.5. The summed E-state index contributed by atoms with van der Waals surface area (Å²) in [7, 11) is 0. The van der Waals surface area contributed by atoms with Gasteiger partial charge in [0, 0.05) is 0 Å². The fourth-order valence-electron chi connectivity index (χ4n) is 1.66. The number of halogens is 1. The lowest BCUT2D eigenvalue weighted by molar-refractivity contribution is 0.139. The molecule has 0 aromatic carbocycles. The molecule has 0 bridgehead atoms. The molecule has 0 radical (unpaired) electrons. The Morgan fingerprint density at radius 2 is 1.87 bits per heavy atom. The fourth-order valence-corrected chi connectivity index (χ4v) is 1.66. The SMILES string of the molecule is CC.Cc1nc(C)c2c(n1)OCC2(C)F. The van der Waals surface area contributed by atoms with Crippen LogP contribution in [0.1, 0.15) is 37.9 Å². The molecule has 1 unspecified atom stereocenters. The Hall–Kier alpha value is -1.19. The molecular weight excluding hydrogens is 195 g/mol. The summed E-state index contributed by atoms with van der Waals surface area (Å²) >= 11 is 0. The number of hydrogen-bond donors (Lipinski definition) is 0. The summed E-state index contributed by atoms with van der Waals surface area (Å²) in [6.45, 7) is 9.08. The van der Waals surface area contributed by atoms with Crippen molar-refractivity contribution in [1.29, 1.82) is 0 Å². The molecule has 0 saturated carbocycles. The van der Waals surface area contributed by atoms with Gasteiger partial charge in [-0.15, -0.1) is 0 Å². The maximum Gasteiger partial charge on any atom is 0.223 e. The summed E-state index contributed by atoms with van der Waals surface area (Å²) in [6.07, 6.45) is 0. The highest BCUT2D eigenvalue weighted by Crippen LogP contribution is 2.39. The number of alkyl halides is 1. The van der Waals surface area contributed by atoms with Crippen LogP contribution in [0.3, 0.4) is 0 Å². The molecule has 0 spiro atoms. The van der Waals surface area contributed by atoms with Gasteiger partial charge in [0.15, 0.2) is 5.67 Å². The van der Waals surface area contributed by atoms with Crippen molar-refractivity contribution in [2.75, 3.05) is 6.61 Å². The largest absolute Gasteiger partial charge is 0.474 e. The van der Waals surface area contributed by atoms with Gasteiger partial charge in [-0.25, -0.2) is 9.37 Å². The third-order valence-electron chi connectivity index (χ3n) is 2.17. The van der Waals surface area contributed by atoms with Crippen LogP contribution in [0, 0.1) is 13.8 Å². The summed E-state index contributed by atoms with van der Waals surface area (Å²) in [4.78, 5) is 8.15. The van der Waals surface area contributed by atoms with Crippen molar-refractivity contribution in [1.82, 2.24) is 9.97 Å². The van der Waals surface area contributed by atoms with E-state index in [1.54, 1.807) is 13.8 Å². The second kappa shape index (κ2) is 4.13. The maximum absolute atomic E-state index is 13.8.